The van der Waals surface area contributed by atoms with Crippen LogP contribution in [0.5, 0.6) is 0 Å². The molecule has 0 aliphatic rings. The monoisotopic (exact) mass is 277 g/mol. The Morgan fingerprint density at radius 2 is 2.29 bits per heavy atom. The van der Waals surface area contributed by atoms with Gasteiger partial charge in [0, 0.05) is 24.5 Å². The van der Waals surface area contributed by atoms with E-state index in [0.29, 0.717) is 6.54 Å². The number of nitrogens with one attached hydrogen (secondary N) is 1. The first kappa shape index (κ1) is 14.6. The summed E-state index contributed by atoms with van der Waals surface area (Å²) in [5.41, 5.74) is 2.82. The van der Waals surface area contributed by atoms with E-state index in [-0.39, 0.29) is 11.8 Å². The van der Waals surface area contributed by atoms with Gasteiger partial charge in [0.05, 0.1) is 17.0 Å². The summed E-state index contributed by atoms with van der Waals surface area (Å²) < 4.78 is 25.2. The molecule has 0 amide bonds. The highest BCUT2D eigenvalue weighted by Crippen LogP contribution is 2.06. The van der Waals surface area contributed by atoms with Crippen LogP contribution in [0.25, 0.3) is 0 Å². The van der Waals surface area contributed by atoms with Crippen LogP contribution in [-0.2, 0) is 16.6 Å². The average molecular weight is 277 g/mol. The van der Waals surface area contributed by atoms with Crippen molar-refractivity contribution in [1.29, 1.82) is 0 Å². The molecule has 1 N–H and O–H groups in total. The third kappa shape index (κ3) is 5.12. The van der Waals surface area contributed by atoms with Crippen LogP contribution in [0.4, 0.5) is 0 Å². The Morgan fingerprint density at radius 1 is 1.59 bits per heavy atom. The van der Waals surface area contributed by atoms with Crippen LogP contribution < -0.4 is 4.72 Å². The Bertz CT molecular complexity index is 417. The third-order valence-corrected chi connectivity index (χ3v) is 4.63. The molecule has 1 aromatic heterocycles. The summed E-state index contributed by atoms with van der Waals surface area (Å²) >= 11 is 1.57. The Kier molecular flexibility index (Phi) is 5.51. The molecule has 0 radical (unpaired) electrons. The first-order valence-corrected chi connectivity index (χ1v) is 8.08. The summed E-state index contributed by atoms with van der Waals surface area (Å²) in [5, 5.41) is 2.00. The van der Waals surface area contributed by atoms with Gasteiger partial charge < -0.3 is 0 Å². The van der Waals surface area contributed by atoms with E-state index < -0.39 is 10.0 Å². The zero-order valence-electron chi connectivity index (χ0n) is 10.4. The summed E-state index contributed by atoms with van der Waals surface area (Å²) in [4.78, 5) is 6.28. The molecule has 7 heteroatoms. The van der Waals surface area contributed by atoms with E-state index in [0.717, 1.165) is 12.2 Å². The van der Waals surface area contributed by atoms with Gasteiger partial charge in [-0.25, -0.2) is 18.1 Å². The molecule has 0 fully saturated rings. The van der Waals surface area contributed by atoms with E-state index in [1.807, 2.05) is 19.4 Å². The highest BCUT2D eigenvalue weighted by atomic mass is 32.2. The Balaban J connectivity index is 2.39. The van der Waals surface area contributed by atoms with Crippen molar-refractivity contribution in [3.05, 3.63) is 16.6 Å². The number of nitrogens with zero attached hydrogens (tertiary/aromatic N) is 2. The summed E-state index contributed by atoms with van der Waals surface area (Å²) in [7, 11) is -1.14. The Hall–Kier alpha value is -0.500. The van der Waals surface area contributed by atoms with Gasteiger partial charge in [-0.1, -0.05) is 0 Å². The molecule has 0 aliphatic carbocycles. The van der Waals surface area contributed by atoms with Gasteiger partial charge in [0.1, 0.15) is 0 Å². The summed E-state index contributed by atoms with van der Waals surface area (Å²) in [6.45, 7) is 4.78. The number of thiazole rings is 1. The van der Waals surface area contributed by atoms with E-state index >= 15 is 0 Å². The number of likely N-dealkylation sites (N-methyl/N-ethyl adjacent to an activating group) is 1. The van der Waals surface area contributed by atoms with Gasteiger partial charge in [0.25, 0.3) is 0 Å². The second-order valence-corrected chi connectivity index (χ2v) is 6.81. The van der Waals surface area contributed by atoms with Crippen LogP contribution in [0.3, 0.4) is 0 Å². The van der Waals surface area contributed by atoms with Crippen molar-refractivity contribution < 1.29 is 8.42 Å². The summed E-state index contributed by atoms with van der Waals surface area (Å²) in [5.74, 6) is 0.121. The van der Waals surface area contributed by atoms with Crippen LogP contribution in [0, 0.1) is 0 Å². The molecule has 0 unspecified atom stereocenters. The largest absolute Gasteiger partial charge is 0.297 e. The van der Waals surface area contributed by atoms with E-state index in [4.69, 9.17) is 0 Å². The second kappa shape index (κ2) is 6.44. The molecule has 1 heterocycles. The minimum absolute atomic E-state index is 0.121. The average Bonchev–Trinajstić information content (AvgIpc) is 2.78. The van der Waals surface area contributed by atoms with Gasteiger partial charge >= 0.3 is 0 Å². The molecule has 0 saturated carbocycles. The summed E-state index contributed by atoms with van der Waals surface area (Å²) in [6, 6.07) is 0.137. The van der Waals surface area contributed by atoms with E-state index in [1.165, 1.54) is 0 Å². The van der Waals surface area contributed by atoms with Crippen molar-refractivity contribution >= 4 is 21.4 Å². The Labute approximate surface area is 107 Å². The number of aromatic nitrogens is 1. The molecular formula is C10H19N3O2S2. The topological polar surface area (TPSA) is 62.3 Å². The fourth-order valence-electron chi connectivity index (χ4n) is 1.23. The van der Waals surface area contributed by atoms with E-state index in [2.05, 4.69) is 14.6 Å². The van der Waals surface area contributed by atoms with Gasteiger partial charge in [-0.3, -0.25) is 4.90 Å². The predicted molar refractivity (Wildman–Crippen MR) is 70.5 cm³/mol. The van der Waals surface area contributed by atoms with Crippen molar-refractivity contribution in [1.82, 2.24) is 14.6 Å². The van der Waals surface area contributed by atoms with Crippen molar-refractivity contribution in [2.45, 2.75) is 26.4 Å². The maximum Gasteiger partial charge on any atom is 0.211 e. The fourth-order valence-corrected chi connectivity index (χ4v) is 2.48. The van der Waals surface area contributed by atoms with Crippen molar-refractivity contribution in [2.24, 2.45) is 0 Å². The highest BCUT2D eigenvalue weighted by Gasteiger charge is 2.13. The van der Waals surface area contributed by atoms with Crippen LogP contribution in [-0.4, -0.2) is 43.7 Å². The quantitative estimate of drug-likeness (QED) is 0.804. The van der Waals surface area contributed by atoms with Crippen molar-refractivity contribution in [3.63, 3.8) is 0 Å². The minimum atomic E-state index is -3.10. The molecule has 0 aliphatic heterocycles. The van der Waals surface area contributed by atoms with E-state index in [1.54, 1.807) is 23.8 Å². The lowest BCUT2D eigenvalue weighted by Crippen LogP contribution is -2.40. The normalized spacial score (nSPS) is 14.1. The lowest BCUT2D eigenvalue weighted by molar-refractivity contribution is 0.248. The molecule has 0 saturated heterocycles. The van der Waals surface area contributed by atoms with Gasteiger partial charge in [0.2, 0.25) is 10.0 Å². The molecule has 17 heavy (non-hydrogen) atoms. The van der Waals surface area contributed by atoms with Gasteiger partial charge in [-0.05, 0) is 20.9 Å². The van der Waals surface area contributed by atoms with E-state index in [9.17, 15) is 8.42 Å². The minimum Gasteiger partial charge on any atom is -0.297 e. The highest BCUT2D eigenvalue weighted by molar-refractivity contribution is 7.89. The molecule has 1 rings (SSSR count). The van der Waals surface area contributed by atoms with Crippen molar-refractivity contribution in [2.75, 3.05) is 19.3 Å². The zero-order chi connectivity index (χ0) is 12.9. The number of hydrogen-bond donors (Lipinski definition) is 1. The van der Waals surface area contributed by atoms with Crippen LogP contribution >= 0.6 is 11.3 Å². The smallest absolute Gasteiger partial charge is 0.211 e. The van der Waals surface area contributed by atoms with Crippen LogP contribution in [0.15, 0.2) is 10.9 Å². The van der Waals surface area contributed by atoms with Crippen LogP contribution in [0.1, 0.15) is 19.5 Å². The number of rotatable bonds is 7. The maximum atomic E-state index is 11.3. The second-order valence-electron chi connectivity index (χ2n) is 4.00. The molecule has 98 valence electrons. The lowest BCUT2D eigenvalue weighted by Gasteiger charge is -2.23. The SMILES string of the molecule is CCS(=O)(=O)NC[C@H](C)N(C)Cc1cscn1. The molecular weight excluding hydrogens is 258 g/mol. The predicted octanol–water partition coefficient (Wildman–Crippen LogP) is 0.903. The number of hydrogen-bond acceptors (Lipinski definition) is 5. The third-order valence-electron chi connectivity index (χ3n) is 2.63. The van der Waals surface area contributed by atoms with Crippen molar-refractivity contribution in [3.8, 4) is 0 Å². The molecule has 0 aromatic carbocycles. The standard InChI is InChI=1S/C10H19N3O2S2/c1-4-17(14,15)12-5-9(2)13(3)6-10-7-16-8-11-10/h7-9,12H,4-6H2,1-3H3/t9-/m0/s1. The molecule has 0 spiro atoms. The van der Waals surface area contributed by atoms with Gasteiger partial charge in [-0.2, -0.15) is 0 Å². The lowest BCUT2D eigenvalue weighted by atomic mass is 10.3. The first-order valence-electron chi connectivity index (χ1n) is 5.49. The van der Waals surface area contributed by atoms with Gasteiger partial charge in [-0.15, -0.1) is 11.3 Å². The van der Waals surface area contributed by atoms with Crippen LogP contribution in [0.2, 0.25) is 0 Å². The molecule has 1 aromatic rings. The van der Waals surface area contributed by atoms with Gasteiger partial charge in [0.15, 0.2) is 0 Å². The maximum absolute atomic E-state index is 11.3. The first-order chi connectivity index (χ1) is 7.94. The number of sulfonamides is 1. The Morgan fingerprint density at radius 3 is 2.82 bits per heavy atom. The zero-order valence-corrected chi connectivity index (χ0v) is 12.0. The fraction of sp³-hybridized carbons (Fsp3) is 0.700. The molecule has 0 bridgehead atoms. The molecule has 5 nitrogen and oxygen atoms in total. The summed E-state index contributed by atoms with van der Waals surface area (Å²) in [6.07, 6.45) is 0. The molecule has 1 atom stereocenters.